The molecule has 0 bridgehead atoms. The molecule has 0 saturated carbocycles. The lowest BCUT2D eigenvalue weighted by Gasteiger charge is -2.23. The van der Waals surface area contributed by atoms with Crippen molar-refractivity contribution in [3.8, 4) is 5.75 Å². The Morgan fingerprint density at radius 2 is 2.07 bits per heavy atom. The van der Waals surface area contributed by atoms with E-state index in [2.05, 4.69) is 0 Å². The summed E-state index contributed by atoms with van der Waals surface area (Å²) in [5, 5.41) is 0. The molecule has 0 aliphatic carbocycles. The maximum atomic E-state index is 13.5. The molecule has 3 heteroatoms. The Bertz CT molecular complexity index is 323. The lowest BCUT2D eigenvalue weighted by molar-refractivity contribution is 0.408. The first-order valence-electron chi connectivity index (χ1n) is 4.55. The quantitative estimate of drug-likeness (QED) is 0.805. The zero-order chi connectivity index (χ0) is 10.8. The number of methoxy groups -OCH3 is 1. The molecule has 78 valence electrons. The second-order valence-corrected chi connectivity index (χ2v) is 3.93. The van der Waals surface area contributed by atoms with E-state index in [1.54, 1.807) is 19.2 Å². The molecule has 0 spiro atoms. The average Bonchev–Trinajstić information content (AvgIpc) is 2.18. The van der Waals surface area contributed by atoms with Crippen LogP contribution in [0.3, 0.4) is 0 Å². The number of rotatable bonds is 3. The summed E-state index contributed by atoms with van der Waals surface area (Å²) in [4.78, 5) is 0. The molecule has 0 radical (unpaired) electrons. The molecule has 1 aromatic rings. The minimum absolute atomic E-state index is 0.235. The highest BCUT2D eigenvalue weighted by atomic mass is 19.1. The molecule has 1 aromatic carbocycles. The van der Waals surface area contributed by atoms with Crippen molar-refractivity contribution < 1.29 is 9.13 Å². The van der Waals surface area contributed by atoms with E-state index >= 15 is 0 Å². The Labute approximate surface area is 83.9 Å². The average molecular weight is 197 g/mol. The zero-order valence-electron chi connectivity index (χ0n) is 8.80. The molecule has 0 heterocycles. The van der Waals surface area contributed by atoms with Crippen LogP contribution in [0.5, 0.6) is 5.75 Å². The highest BCUT2D eigenvalue weighted by molar-refractivity contribution is 5.34. The maximum Gasteiger partial charge on any atom is 0.127 e. The van der Waals surface area contributed by atoms with Gasteiger partial charge < -0.3 is 10.5 Å². The van der Waals surface area contributed by atoms with Gasteiger partial charge in [0.25, 0.3) is 0 Å². The van der Waals surface area contributed by atoms with E-state index in [0.717, 1.165) is 0 Å². The Morgan fingerprint density at radius 3 is 2.57 bits per heavy atom. The second kappa shape index (κ2) is 3.96. The van der Waals surface area contributed by atoms with Crippen molar-refractivity contribution in [3.63, 3.8) is 0 Å². The molecule has 0 aromatic heterocycles. The number of nitrogens with two attached hydrogens (primary N) is 1. The largest absolute Gasteiger partial charge is 0.497 e. The summed E-state index contributed by atoms with van der Waals surface area (Å²) in [5.74, 6) is 0.421. The minimum Gasteiger partial charge on any atom is -0.497 e. The van der Waals surface area contributed by atoms with Gasteiger partial charge in [-0.3, -0.25) is 0 Å². The van der Waals surface area contributed by atoms with Crippen LogP contribution >= 0.6 is 0 Å². The van der Waals surface area contributed by atoms with Crippen LogP contribution in [0.15, 0.2) is 18.2 Å². The zero-order valence-corrected chi connectivity index (χ0v) is 8.80. The predicted octanol–water partition coefficient (Wildman–Crippen LogP) is 2.07. The van der Waals surface area contributed by atoms with Gasteiger partial charge in [0.15, 0.2) is 0 Å². The van der Waals surface area contributed by atoms with Gasteiger partial charge in [0, 0.05) is 12.0 Å². The van der Waals surface area contributed by atoms with E-state index in [4.69, 9.17) is 10.5 Å². The number of hydrogen-bond acceptors (Lipinski definition) is 2. The van der Waals surface area contributed by atoms with Crippen LogP contribution in [0.1, 0.15) is 19.4 Å². The van der Waals surface area contributed by atoms with E-state index < -0.39 is 0 Å². The summed E-state index contributed by atoms with van der Waals surface area (Å²) in [6.07, 6.45) is 0. The molecule has 2 N–H and O–H groups in total. The van der Waals surface area contributed by atoms with Crippen molar-refractivity contribution in [1.29, 1.82) is 0 Å². The Balaban J connectivity index is 3.18. The van der Waals surface area contributed by atoms with Crippen molar-refractivity contribution in [2.45, 2.75) is 19.3 Å². The lowest BCUT2D eigenvalue weighted by Crippen LogP contribution is -2.29. The highest BCUT2D eigenvalue weighted by Gasteiger charge is 2.22. The Morgan fingerprint density at radius 1 is 1.43 bits per heavy atom. The summed E-state index contributed by atoms with van der Waals surface area (Å²) in [7, 11) is 1.56. The molecule has 14 heavy (non-hydrogen) atoms. The summed E-state index contributed by atoms with van der Waals surface area (Å²) in [5.41, 5.74) is 5.83. The first kappa shape index (κ1) is 11.0. The number of halogens is 1. The van der Waals surface area contributed by atoms with Gasteiger partial charge in [-0.1, -0.05) is 13.8 Å². The highest BCUT2D eigenvalue weighted by Crippen LogP contribution is 2.27. The van der Waals surface area contributed by atoms with Crippen molar-refractivity contribution in [3.05, 3.63) is 29.6 Å². The van der Waals surface area contributed by atoms with Gasteiger partial charge in [0.1, 0.15) is 11.6 Å². The normalized spacial score (nSPS) is 11.5. The topological polar surface area (TPSA) is 35.2 Å². The van der Waals surface area contributed by atoms with E-state index in [1.165, 1.54) is 6.07 Å². The molecule has 0 fully saturated rings. The summed E-state index contributed by atoms with van der Waals surface area (Å²) in [6.45, 7) is 4.22. The van der Waals surface area contributed by atoms with Crippen LogP contribution in [-0.4, -0.2) is 13.7 Å². The van der Waals surface area contributed by atoms with Crippen molar-refractivity contribution in [1.82, 2.24) is 0 Å². The fraction of sp³-hybridized carbons (Fsp3) is 0.455. The van der Waals surface area contributed by atoms with Crippen LogP contribution in [0.2, 0.25) is 0 Å². The fourth-order valence-corrected chi connectivity index (χ4v) is 1.26. The van der Waals surface area contributed by atoms with Crippen LogP contribution in [0.25, 0.3) is 0 Å². The third-order valence-electron chi connectivity index (χ3n) is 2.41. The molecule has 2 nitrogen and oxygen atoms in total. The third kappa shape index (κ3) is 2.04. The van der Waals surface area contributed by atoms with Crippen LogP contribution in [0.4, 0.5) is 4.39 Å². The van der Waals surface area contributed by atoms with Crippen molar-refractivity contribution >= 4 is 0 Å². The molecule has 0 atom stereocenters. The standard InChI is InChI=1S/C11H16FNO/c1-11(2,7-13)9-6-8(14-3)4-5-10(9)12/h4-6H,7,13H2,1-3H3. The van der Waals surface area contributed by atoms with Gasteiger partial charge in [-0.2, -0.15) is 0 Å². The van der Waals surface area contributed by atoms with Gasteiger partial charge in [0.05, 0.1) is 7.11 Å². The molecule has 0 amide bonds. The van der Waals surface area contributed by atoms with Crippen molar-refractivity contribution in [2.24, 2.45) is 5.73 Å². The van der Waals surface area contributed by atoms with Gasteiger partial charge in [-0.05, 0) is 23.8 Å². The Kier molecular flexibility index (Phi) is 3.11. The van der Waals surface area contributed by atoms with E-state index in [0.29, 0.717) is 17.9 Å². The molecular weight excluding hydrogens is 181 g/mol. The number of ether oxygens (including phenoxy) is 1. The third-order valence-corrected chi connectivity index (χ3v) is 2.41. The minimum atomic E-state index is -0.362. The second-order valence-electron chi connectivity index (χ2n) is 3.93. The van der Waals surface area contributed by atoms with E-state index in [9.17, 15) is 4.39 Å². The Hall–Kier alpha value is -1.09. The van der Waals surface area contributed by atoms with Gasteiger partial charge in [-0.25, -0.2) is 4.39 Å². The van der Waals surface area contributed by atoms with Gasteiger partial charge >= 0.3 is 0 Å². The van der Waals surface area contributed by atoms with Crippen LogP contribution in [0, 0.1) is 5.82 Å². The fourth-order valence-electron chi connectivity index (χ4n) is 1.26. The molecule has 0 aliphatic heterocycles. The lowest BCUT2D eigenvalue weighted by atomic mass is 9.84. The van der Waals surface area contributed by atoms with Crippen molar-refractivity contribution in [2.75, 3.05) is 13.7 Å². The predicted molar refractivity (Wildman–Crippen MR) is 55.0 cm³/mol. The number of benzene rings is 1. The first-order chi connectivity index (χ1) is 6.51. The van der Waals surface area contributed by atoms with E-state index in [1.807, 2.05) is 13.8 Å². The van der Waals surface area contributed by atoms with Crippen LogP contribution in [-0.2, 0) is 5.41 Å². The van der Waals surface area contributed by atoms with Crippen LogP contribution < -0.4 is 10.5 Å². The first-order valence-corrected chi connectivity index (χ1v) is 4.55. The summed E-state index contributed by atoms with van der Waals surface area (Å²) < 4.78 is 18.5. The monoisotopic (exact) mass is 197 g/mol. The molecule has 0 saturated heterocycles. The maximum absolute atomic E-state index is 13.5. The number of hydrogen-bond donors (Lipinski definition) is 1. The van der Waals surface area contributed by atoms with Gasteiger partial charge in [-0.15, -0.1) is 0 Å². The molecule has 1 rings (SSSR count). The smallest absolute Gasteiger partial charge is 0.127 e. The van der Waals surface area contributed by atoms with Gasteiger partial charge in [0.2, 0.25) is 0 Å². The molecule has 0 aliphatic rings. The molecule has 0 unspecified atom stereocenters. The SMILES string of the molecule is COc1ccc(F)c(C(C)(C)CN)c1. The van der Waals surface area contributed by atoms with E-state index in [-0.39, 0.29) is 11.2 Å². The molecular formula is C11H16FNO. The summed E-state index contributed by atoms with van der Waals surface area (Å²) in [6, 6.07) is 4.71. The summed E-state index contributed by atoms with van der Waals surface area (Å²) >= 11 is 0.